The number of ether oxygens (including phenoxy) is 1. The molecule has 0 aromatic carbocycles. The third-order valence-electron chi connectivity index (χ3n) is 1.39. The number of hydrogen-bond acceptors (Lipinski definition) is 2. The van der Waals surface area contributed by atoms with Gasteiger partial charge in [-0.15, -0.1) is 12.8 Å². The van der Waals surface area contributed by atoms with Crippen LogP contribution in [0, 0.1) is 24.7 Å². The van der Waals surface area contributed by atoms with E-state index < -0.39 is 0 Å². The Kier molecular flexibility index (Phi) is 2.35. The molecule has 0 saturated heterocycles. The second-order valence-electron chi connectivity index (χ2n) is 2.06. The maximum Gasteiger partial charge on any atom is 0.138 e. The van der Waals surface area contributed by atoms with Gasteiger partial charge in [0.25, 0.3) is 0 Å². The average Bonchev–Trinajstić information content (AvgIpc) is 2.16. The summed E-state index contributed by atoms with van der Waals surface area (Å²) in [5, 5.41) is 0. The summed E-state index contributed by atoms with van der Waals surface area (Å²) < 4.78 is 5.00. The molecule has 0 bridgehead atoms. The van der Waals surface area contributed by atoms with Gasteiger partial charge in [0.05, 0.1) is 12.7 Å². The number of methoxy groups -OCH3 is 1. The van der Waals surface area contributed by atoms with E-state index in [1.807, 2.05) is 0 Å². The van der Waals surface area contributed by atoms with Crippen LogP contribution in [0.4, 0.5) is 0 Å². The van der Waals surface area contributed by atoms with Crippen molar-refractivity contribution in [2.45, 2.75) is 0 Å². The van der Waals surface area contributed by atoms with Gasteiger partial charge in [-0.05, 0) is 0 Å². The topological polar surface area (TPSA) is 22.1 Å². The van der Waals surface area contributed by atoms with Crippen LogP contribution in [0.15, 0.2) is 12.3 Å². The van der Waals surface area contributed by atoms with Gasteiger partial charge in [0.1, 0.15) is 11.4 Å². The average molecular weight is 157 g/mol. The summed E-state index contributed by atoms with van der Waals surface area (Å²) in [5.74, 6) is 5.42. The molecule has 0 aliphatic rings. The zero-order chi connectivity index (χ0) is 8.97. The molecule has 1 aromatic rings. The predicted molar refractivity (Wildman–Crippen MR) is 46.7 cm³/mol. The molecule has 1 aromatic heterocycles. The lowest BCUT2D eigenvalue weighted by Crippen LogP contribution is -1.91. The van der Waals surface area contributed by atoms with Gasteiger partial charge in [-0.1, -0.05) is 11.8 Å². The standard InChI is InChI=1S/C10H7NO/c1-4-8-7-11-9(5-2)6-10(8)12-3/h1-2,6-7H,3H3. The van der Waals surface area contributed by atoms with Crippen LogP contribution in [0.2, 0.25) is 0 Å². The fourth-order valence-electron chi connectivity index (χ4n) is 0.793. The number of pyridine rings is 1. The molecule has 2 heteroatoms. The van der Waals surface area contributed by atoms with Gasteiger partial charge in [-0.3, -0.25) is 0 Å². The smallest absolute Gasteiger partial charge is 0.138 e. The van der Waals surface area contributed by atoms with Gasteiger partial charge in [0.15, 0.2) is 0 Å². The zero-order valence-corrected chi connectivity index (χ0v) is 6.66. The van der Waals surface area contributed by atoms with Crippen LogP contribution in [-0.2, 0) is 0 Å². The van der Waals surface area contributed by atoms with E-state index in [1.54, 1.807) is 6.07 Å². The van der Waals surface area contributed by atoms with Crippen LogP contribution in [0.25, 0.3) is 0 Å². The van der Waals surface area contributed by atoms with Crippen molar-refractivity contribution in [1.82, 2.24) is 4.98 Å². The lowest BCUT2D eigenvalue weighted by atomic mass is 10.2. The summed E-state index contributed by atoms with van der Waals surface area (Å²) in [5.41, 5.74) is 1.13. The molecular weight excluding hydrogens is 150 g/mol. The lowest BCUT2D eigenvalue weighted by Gasteiger charge is -2.01. The first-order chi connectivity index (χ1) is 5.81. The number of aromatic nitrogens is 1. The third-order valence-corrected chi connectivity index (χ3v) is 1.39. The molecule has 1 rings (SSSR count). The monoisotopic (exact) mass is 157 g/mol. The molecule has 12 heavy (non-hydrogen) atoms. The Balaban J connectivity index is 3.24. The van der Waals surface area contributed by atoms with Crippen molar-refractivity contribution in [2.75, 3.05) is 7.11 Å². The third kappa shape index (κ3) is 1.38. The molecule has 0 N–H and O–H groups in total. The highest BCUT2D eigenvalue weighted by molar-refractivity contribution is 5.46. The first-order valence-electron chi connectivity index (χ1n) is 3.29. The molecule has 1 heterocycles. The van der Waals surface area contributed by atoms with Gasteiger partial charge >= 0.3 is 0 Å². The van der Waals surface area contributed by atoms with Gasteiger partial charge < -0.3 is 4.74 Å². The highest BCUT2D eigenvalue weighted by Gasteiger charge is 2.00. The van der Waals surface area contributed by atoms with E-state index in [0.717, 1.165) is 0 Å². The Hall–Kier alpha value is -1.93. The van der Waals surface area contributed by atoms with E-state index in [0.29, 0.717) is 17.0 Å². The van der Waals surface area contributed by atoms with Crippen molar-refractivity contribution >= 4 is 0 Å². The molecule has 0 aliphatic carbocycles. The molecule has 0 atom stereocenters. The Morgan fingerprint density at radius 3 is 2.67 bits per heavy atom. The van der Waals surface area contributed by atoms with Crippen molar-refractivity contribution in [3.63, 3.8) is 0 Å². The molecule has 0 amide bonds. The van der Waals surface area contributed by atoms with E-state index in [4.69, 9.17) is 17.6 Å². The van der Waals surface area contributed by atoms with Crippen LogP contribution < -0.4 is 4.74 Å². The Morgan fingerprint density at radius 1 is 1.42 bits per heavy atom. The van der Waals surface area contributed by atoms with E-state index >= 15 is 0 Å². The van der Waals surface area contributed by atoms with Crippen LogP contribution in [-0.4, -0.2) is 12.1 Å². The number of nitrogens with zero attached hydrogens (tertiary/aromatic N) is 1. The maximum absolute atomic E-state index is 5.20. The molecular formula is C10H7NO. The van der Waals surface area contributed by atoms with Gasteiger partial charge in [0, 0.05) is 12.3 Å². The van der Waals surface area contributed by atoms with Crippen LogP contribution in [0.3, 0.4) is 0 Å². The zero-order valence-electron chi connectivity index (χ0n) is 6.66. The summed E-state index contributed by atoms with van der Waals surface area (Å²) in [6.07, 6.45) is 11.9. The largest absolute Gasteiger partial charge is 0.495 e. The van der Waals surface area contributed by atoms with Crippen molar-refractivity contribution in [3.05, 3.63) is 23.5 Å². The number of rotatable bonds is 1. The van der Waals surface area contributed by atoms with Crippen LogP contribution in [0.5, 0.6) is 5.75 Å². The van der Waals surface area contributed by atoms with Crippen molar-refractivity contribution in [1.29, 1.82) is 0 Å². The fourth-order valence-corrected chi connectivity index (χ4v) is 0.793. The highest BCUT2D eigenvalue weighted by atomic mass is 16.5. The van der Waals surface area contributed by atoms with Gasteiger partial charge in [-0.2, -0.15) is 0 Å². The second kappa shape index (κ2) is 3.46. The predicted octanol–water partition coefficient (Wildman–Crippen LogP) is 1.05. The van der Waals surface area contributed by atoms with Crippen molar-refractivity contribution in [3.8, 4) is 30.4 Å². The Morgan fingerprint density at radius 2 is 2.17 bits per heavy atom. The van der Waals surface area contributed by atoms with E-state index in [1.165, 1.54) is 13.3 Å². The summed E-state index contributed by atoms with van der Waals surface area (Å²) in [6.45, 7) is 0. The second-order valence-corrected chi connectivity index (χ2v) is 2.06. The van der Waals surface area contributed by atoms with Crippen molar-refractivity contribution in [2.24, 2.45) is 0 Å². The summed E-state index contributed by atoms with van der Waals surface area (Å²) in [6, 6.07) is 1.63. The fraction of sp³-hybridized carbons (Fsp3) is 0.100. The van der Waals surface area contributed by atoms with E-state index in [-0.39, 0.29) is 0 Å². The van der Waals surface area contributed by atoms with E-state index in [2.05, 4.69) is 16.8 Å². The molecule has 0 spiro atoms. The Bertz CT molecular complexity index is 368. The van der Waals surface area contributed by atoms with E-state index in [9.17, 15) is 0 Å². The first-order valence-corrected chi connectivity index (χ1v) is 3.29. The van der Waals surface area contributed by atoms with Gasteiger partial charge in [0.2, 0.25) is 0 Å². The minimum atomic E-state index is 0.519. The molecule has 2 nitrogen and oxygen atoms in total. The minimum Gasteiger partial charge on any atom is -0.495 e. The molecule has 0 fully saturated rings. The SMILES string of the molecule is C#Cc1cc(OC)c(C#C)cn1. The Labute approximate surface area is 71.6 Å². The van der Waals surface area contributed by atoms with Crippen LogP contribution in [0.1, 0.15) is 11.3 Å². The molecule has 0 unspecified atom stereocenters. The number of terminal acetylenes is 2. The van der Waals surface area contributed by atoms with Gasteiger partial charge in [-0.25, -0.2) is 4.98 Å². The molecule has 0 saturated carbocycles. The quantitative estimate of drug-likeness (QED) is 0.568. The highest BCUT2D eigenvalue weighted by Crippen LogP contribution is 2.16. The molecule has 0 radical (unpaired) electrons. The first kappa shape index (κ1) is 8.17. The number of hydrogen-bond donors (Lipinski definition) is 0. The molecule has 58 valence electrons. The summed E-state index contributed by atoms with van der Waals surface area (Å²) >= 11 is 0. The van der Waals surface area contributed by atoms with Crippen molar-refractivity contribution < 1.29 is 4.74 Å². The summed E-state index contributed by atoms with van der Waals surface area (Å²) in [7, 11) is 1.54. The molecule has 0 aliphatic heterocycles. The summed E-state index contributed by atoms with van der Waals surface area (Å²) in [4.78, 5) is 3.92. The van der Waals surface area contributed by atoms with Crippen LogP contribution >= 0.6 is 0 Å². The lowest BCUT2D eigenvalue weighted by molar-refractivity contribution is 0.413. The minimum absolute atomic E-state index is 0.519. The maximum atomic E-state index is 5.20. The normalized spacial score (nSPS) is 8.25.